The predicted octanol–water partition coefficient (Wildman–Crippen LogP) is 4.97. The van der Waals surface area contributed by atoms with Gasteiger partial charge >= 0.3 is 0 Å². The Morgan fingerprint density at radius 3 is 2.25 bits per heavy atom. The van der Waals surface area contributed by atoms with Crippen LogP contribution in [-0.4, -0.2) is 29.8 Å². The van der Waals surface area contributed by atoms with Gasteiger partial charge in [0.05, 0.1) is 0 Å². The standard InChI is InChI=1S/C27H29ClN2O2/c1-20-11-13-21(14-12-20)15-16-26(31)30(19-23-9-6-10-24(28)17-23)25(27(32)29-2)18-22-7-4-3-5-8-22/h3-14,17,25H,15-16,18-19H2,1-2H3,(H,29,32). The molecule has 0 saturated carbocycles. The molecular weight excluding hydrogens is 420 g/mol. The third-order valence-electron chi connectivity index (χ3n) is 5.51. The summed E-state index contributed by atoms with van der Waals surface area (Å²) in [7, 11) is 1.61. The number of amides is 2. The van der Waals surface area contributed by atoms with Crippen LogP contribution in [0.25, 0.3) is 0 Å². The lowest BCUT2D eigenvalue weighted by Crippen LogP contribution is -2.49. The molecule has 3 aromatic carbocycles. The van der Waals surface area contributed by atoms with Gasteiger partial charge in [-0.25, -0.2) is 0 Å². The Bertz CT molecular complexity index is 1040. The highest BCUT2D eigenvalue weighted by atomic mass is 35.5. The summed E-state index contributed by atoms with van der Waals surface area (Å²) in [5, 5.41) is 3.34. The molecule has 166 valence electrons. The summed E-state index contributed by atoms with van der Waals surface area (Å²) in [5.41, 5.74) is 4.18. The second-order valence-corrected chi connectivity index (χ2v) is 8.39. The number of nitrogens with one attached hydrogen (secondary N) is 1. The van der Waals surface area contributed by atoms with Gasteiger partial charge in [-0.15, -0.1) is 0 Å². The third-order valence-corrected chi connectivity index (χ3v) is 5.74. The van der Waals surface area contributed by atoms with E-state index < -0.39 is 6.04 Å². The van der Waals surface area contributed by atoms with Gasteiger partial charge in [-0.1, -0.05) is 83.9 Å². The summed E-state index contributed by atoms with van der Waals surface area (Å²) >= 11 is 6.18. The molecule has 1 N–H and O–H groups in total. The first-order valence-electron chi connectivity index (χ1n) is 10.8. The van der Waals surface area contributed by atoms with Gasteiger partial charge in [0.1, 0.15) is 6.04 Å². The number of carbonyl (C=O) groups is 2. The van der Waals surface area contributed by atoms with Crippen molar-refractivity contribution in [3.8, 4) is 0 Å². The zero-order valence-corrected chi connectivity index (χ0v) is 19.3. The molecule has 3 aromatic rings. The van der Waals surface area contributed by atoms with E-state index in [0.717, 1.165) is 16.7 Å². The maximum Gasteiger partial charge on any atom is 0.242 e. The SMILES string of the molecule is CNC(=O)C(Cc1ccccc1)N(Cc1cccc(Cl)c1)C(=O)CCc1ccc(C)cc1. The fourth-order valence-electron chi connectivity index (χ4n) is 3.70. The van der Waals surface area contributed by atoms with Crippen LogP contribution in [-0.2, 0) is 29.0 Å². The molecule has 2 amide bonds. The second-order valence-electron chi connectivity index (χ2n) is 7.96. The molecule has 5 heteroatoms. The maximum atomic E-state index is 13.4. The van der Waals surface area contributed by atoms with Crippen LogP contribution in [0.3, 0.4) is 0 Å². The number of aryl methyl sites for hydroxylation is 2. The van der Waals surface area contributed by atoms with Gasteiger partial charge < -0.3 is 10.2 Å². The van der Waals surface area contributed by atoms with E-state index in [4.69, 9.17) is 11.6 Å². The molecule has 0 bridgehead atoms. The molecular formula is C27H29ClN2O2. The lowest BCUT2D eigenvalue weighted by atomic mass is 10.0. The smallest absolute Gasteiger partial charge is 0.242 e. The molecule has 32 heavy (non-hydrogen) atoms. The average Bonchev–Trinajstić information content (AvgIpc) is 2.81. The first kappa shape index (κ1) is 23.6. The number of rotatable bonds is 9. The predicted molar refractivity (Wildman–Crippen MR) is 130 cm³/mol. The lowest BCUT2D eigenvalue weighted by molar-refractivity contribution is -0.141. The highest BCUT2D eigenvalue weighted by Crippen LogP contribution is 2.19. The second kappa shape index (κ2) is 11.5. The van der Waals surface area contributed by atoms with Crippen LogP contribution in [0.1, 0.15) is 28.7 Å². The number of nitrogens with zero attached hydrogens (tertiary/aromatic N) is 1. The minimum absolute atomic E-state index is 0.0601. The fourth-order valence-corrected chi connectivity index (χ4v) is 3.92. The van der Waals surface area contributed by atoms with E-state index in [1.54, 1.807) is 18.0 Å². The van der Waals surface area contributed by atoms with Gasteiger partial charge in [0.15, 0.2) is 0 Å². The molecule has 0 aliphatic heterocycles. The van der Waals surface area contributed by atoms with E-state index >= 15 is 0 Å². The minimum atomic E-state index is -0.619. The van der Waals surface area contributed by atoms with Crippen molar-refractivity contribution in [2.75, 3.05) is 7.05 Å². The molecule has 4 nitrogen and oxygen atoms in total. The summed E-state index contributed by atoms with van der Waals surface area (Å²) in [4.78, 5) is 28.0. The van der Waals surface area contributed by atoms with Crippen molar-refractivity contribution in [2.24, 2.45) is 0 Å². The maximum absolute atomic E-state index is 13.4. The van der Waals surface area contributed by atoms with E-state index in [1.807, 2.05) is 79.7 Å². The van der Waals surface area contributed by atoms with Gasteiger partial charge in [0.25, 0.3) is 0 Å². The molecule has 0 radical (unpaired) electrons. The summed E-state index contributed by atoms with van der Waals surface area (Å²) < 4.78 is 0. The van der Waals surface area contributed by atoms with Crippen LogP contribution < -0.4 is 5.32 Å². The molecule has 0 aliphatic rings. The highest BCUT2D eigenvalue weighted by Gasteiger charge is 2.29. The highest BCUT2D eigenvalue weighted by molar-refractivity contribution is 6.30. The Morgan fingerprint density at radius 2 is 1.59 bits per heavy atom. The van der Waals surface area contributed by atoms with Crippen molar-refractivity contribution >= 4 is 23.4 Å². The molecule has 3 rings (SSSR count). The van der Waals surface area contributed by atoms with E-state index in [9.17, 15) is 9.59 Å². The molecule has 0 saturated heterocycles. The van der Waals surface area contributed by atoms with Crippen LogP contribution in [0.2, 0.25) is 5.02 Å². The third kappa shape index (κ3) is 6.69. The van der Waals surface area contributed by atoms with Gasteiger partial charge in [-0.05, 0) is 42.2 Å². The Kier molecular flexibility index (Phi) is 8.46. The van der Waals surface area contributed by atoms with Crippen molar-refractivity contribution < 1.29 is 9.59 Å². The van der Waals surface area contributed by atoms with E-state index in [2.05, 4.69) is 5.32 Å². The summed E-state index contributed by atoms with van der Waals surface area (Å²) in [6.45, 7) is 2.36. The lowest BCUT2D eigenvalue weighted by Gasteiger charge is -2.31. The first-order chi connectivity index (χ1) is 15.5. The number of hydrogen-bond acceptors (Lipinski definition) is 2. The summed E-state index contributed by atoms with van der Waals surface area (Å²) in [5.74, 6) is -0.241. The largest absolute Gasteiger partial charge is 0.357 e. The van der Waals surface area contributed by atoms with Gasteiger partial charge in [0.2, 0.25) is 11.8 Å². The van der Waals surface area contributed by atoms with Crippen molar-refractivity contribution in [3.05, 3.63) is 106 Å². The zero-order chi connectivity index (χ0) is 22.9. The van der Waals surface area contributed by atoms with E-state index in [1.165, 1.54) is 5.56 Å². The van der Waals surface area contributed by atoms with Crippen molar-refractivity contribution in [2.45, 2.75) is 38.8 Å². The Morgan fingerprint density at radius 1 is 0.906 bits per heavy atom. The van der Waals surface area contributed by atoms with Crippen LogP contribution in [0.4, 0.5) is 0 Å². The first-order valence-corrected chi connectivity index (χ1v) is 11.2. The normalized spacial score (nSPS) is 11.6. The van der Waals surface area contributed by atoms with Gasteiger partial charge in [-0.2, -0.15) is 0 Å². The fraction of sp³-hybridized carbons (Fsp3) is 0.259. The number of carbonyl (C=O) groups excluding carboxylic acids is 2. The molecule has 0 spiro atoms. The Labute approximate surface area is 195 Å². The quantitative estimate of drug-likeness (QED) is 0.502. The van der Waals surface area contributed by atoms with Crippen LogP contribution in [0.5, 0.6) is 0 Å². The number of likely N-dealkylation sites (N-methyl/N-ethyl adjacent to an activating group) is 1. The molecule has 1 atom stereocenters. The van der Waals surface area contributed by atoms with Crippen LogP contribution in [0, 0.1) is 6.92 Å². The molecule has 0 aliphatic carbocycles. The van der Waals surface area contributed by atoms with Crippen molar-refractivity contribution in [1.82, 2.24) is 10.2 Å². The topological polar surface area (TPSA) is 49.4 Å². The molecule has 0 fully saturated rings. The number of halogens is 1. The minimum Gasteiger partial charge on any atom is -0.357 e. The molecule has 0 heterocycles. The molecule has 1 unspecified atom stereocenters. The monoisotopic (exact) mass is 448 g/mol. The Hall–Kier alpha value is -3.11. The Balaban J connectivity index is 1.86. The van der Waals surface area contributed by atoms with Crippen LogP contribution in [0.15, 0.2) is 78.9 Å². The van der Waals surface area contributed by atoms with Crippen molar-refractivity contribution in [1.29, 1.82) is 0 Å². The zero-order valence-electron chi connectivity index (χ0n) is 18.6. The van der Waals surface area contributed by atoms with E-state index in [-0.39, 0.29) is 11.8 Å². The van der Waals surface area contributed by atoms with Gasteiger partial charge in [0, 0.05) is 31.5 Å². The molecule has 0 aromatic heterocycles. The van der Waals surface area contributed by atoms with E-state index in [0.29, 0.717) is 30.8 Å². The van der Waals surface area contributed by atoms with Gasteiger partial charge in [-0.3, -0.25) is 9.59 Å². The summed E-state index contributed by atoms with van der Waals surface area (Å²) in [6, 6.07) is 24.8. The van der Waals surface area contributed by atoms with Crippen molar-refractivity contribution in [3.63, 3.8) is 0 Å². The summed E-state index contributed by atoms with van der Waals surface area (Å²) in [6.07, 6.45) is 1.39. The number of hydrogen-bond donors (Lipinski definition) is 1. The van der Waals surface area contributed by atoms with Crippen LogP contribution >= 0.6 is 11.6 Å². The average molecular weight is 449 g/mol. The number of benzene rings is 3.